The van der Waals surface area contributed by atoms with E-state index in [9.17, 15) is 9.59 Å². The van der Waals surface area contributed by atoms with Crippen molar-refractivity contribution in [2.75, 3.05) is 0 Å². The predicted octanol–water partition coefficient (Wildman–Crippen LogP) is 1.03. The molecule has 0 bridgehead atoms. The molecular weight excluding hydrogens is 234 g/mol. The average molecular weight is 251 g/mol. The first-order chi connectivity index (χ1) is 8.65. The van der Waals surface area contributed by atoms with Gasteiger partial charge in [-0.25, -0.2) is 0 Å². The number of nitrogens with zero attached hydrogens (tertiary/aromatic N) is 2. The van der Waals surface area contributed by atoms with Crippen LogP contribution in [-0.2, 0) is 11.3 Å². The van der Waals surface area contributed by atoms with Crippen molar-refractivity contribution in [3.05, 3.63) is 18.0 Å². The minimum absolute atomic E-state index is 0.217. The Morgan fingerprint density at radius 2 is 2.11 bits per heavy atom. The number of aliphatic carboxylic acids is 1. The second-order valence-corrected chi connectivity index (χ2v) is 4.60. The number of hydrogen-bond acceptors (Lipinski definition) is 3. The van der Waals surface area contributed by atoms with Crippen LogP contribution in [0.2, 0.25) is 0 Å². The van der Waals surface area contributed by atoms with Crippen LogP contribution in [0.15, 0.2) is 12.3 Å². The minimum Gasteiger partial charge on any atom is -0.480 e. The molecule has 98 valence electrons. The van der Waals surface area contributed by atoms with Gasteiger partial charge in [-0.3, -0.25) is 14.3 Å². The fourth-order valence-electron chi connectivity index (χ4n) is 2.22. The van der Waals surface area contributed by atoms with Gasteiger partial charge in [-0.1, -0.05) is 19.3 Å². The zero-order valence-corrected chi connectivity index (χ0v) is 10.1. The molecule has 6 heteroatoms. The van der Waals surface area contributed by atoms with Gasteiger partial charge >= 0.3 is 5.97 Å². The number of carboxylic acids is 1. The standard InChI is InChI=1S/C12H17N3O3/c16-11(17)8-15-7-6-10(14-15)12(18)13-9-4-2-1-3-5-9/h6-7,9H,1-5,8H2,(H,13,18)(H,16,17). The summed E-state index contributed by atoms with van der Waals surface area (Å²) in [5.74, 6) is -1.19. The van der Waals surface area contributed by atoms with Crippen molar-refractivity contribution in [1.29, 1.82) is 0 Å². The lowest BCUT2D eigenvalue weighted by atomic mass is 9.95. The summed E-state index contributed by atoms with van der Waals surface area (Å²) in [5, 5.41) is 15.5. The van der Waals surface area contributed by atoms with E-state index in [1.54, 1.807) is 6.07 Å². The molecule has 1 aromatic heterocycles. The van der Waals surface area contributed by atoms with E-state index in [1.165, 1.54) is 17.3 Å². The summed E-state index contributed by atoms with van der Waals surface area (Å²) in [6.45, 7) is -0.225. The van der Waals surface area contributed by atoms with Crippen LogP contribution in [-0.4, -0.2) is 32.8 Å². The quantitative estimate of drug-likeness (QED) is 0.837. The van der Waals surface area contributed by atoms with Crippen LogP contribution in [0.25, 0.3) is 0 Å². The highest BCUT2D eigenvalue weighted by atomic mass is 16.4. The highest BCUT2D eigenvalue weighted by Gasteiger charge is 2.18. The third kappa shape index (κ3) is 3.32. The van der Waals surface area contributed by atoms with Gasteiger partial charge in [0.2, 0.25) is 0 Å². The lowest BCUT2D eigenvalue weighted by Gasteiger charge is -2.22. The summed E-state index contributed by atoms with van der Waals surface area (Å²) in [5.41, 5.74) is 0.279. The Morgan fingerprint density at radius 3 is 2.78 bits per heavy atom. The molecule has 1 saturated carbocycles. The number of amides is 1. The lowest BCUT2D eigenvalue weighted by molar-refractivity contribution is -0.137. The molecule has 0 aliphatic heterocycles. The van der Waals surface area contributed by atoms with Gasteiger partial charge in [0.25, 0.3) is 5.91 Å². The molecule has 1 amide bonds. The molecule has 1 heterocycles. The van der Waals surface area contributed by atoms with Gasteiger partial charge in [0.05, 0.1) is 0 Å². The van der Waals surface area contributed by atoms with Crippen molar-refractivity contribution < 1.29 is 14.7 Å². The average Bonchev–Trinajstić information content (AvgIpc) is 2.78. The van der Waals surface area contributed by atoms with Crippen LogP contribution in [0.1, 0.15) is 42.6 Å². The Bertz CT molecular complexity index is 436. The van der Waals surface area contributed by atoms with Gasteiger partial charge in [0.15, 0.2) is 0 Å². The molecule has 0 spiro atoms. The Morgan fingerprint density at radius 1 is 1.39 bits per heavy atom. The number of rotatable bonds is 4. The summed E-state index contributed by atoms with van der Waals surface area (Å²) in [6, 6.07) is 1.78. The third-order valence-electron chi connectivity index (χ3n) is 3.11. The summed E-state index contributed by atoms with van der Waals surface area (Å²) in [6.07, 6.45) is 7.07. The Hall–Kier alpha value is -1.85. The molecule has 0 saturated heterocycles. The third-order valence-corrected chi connectivity index (χ3v) is 3.11. The zero-order chi connectivity index (χ0) is 13.0. The van der Waals surface area contributed by atoms with E-state index in [1.807, 2.05) is 0 Å². The smallest absolute Gasteiger partial charge is 0.325 e. The van der Waals surface area contributed by atoms with Gasteiger partial charge in [0, 0.05) is 12.2 Å². The number of carboxylic acid groups (broad SMARTS) is 1. The normalized spacial score (nSPS) is 16.4. The molecule has 0 unspecified atom stereocenters. The van der Waals surface area contributed by atoms with E-state index in [0.717, 1.165) is 25.7 Å². The first-order valence-corrected chi connectivity index (χ1v) is 6.21. The van der Waals surface area contributed by atoms with Crippen molar-refractivity contribution in [2.45, 2.75) is 44.7 Å². The van der Waals surface area contributed by atoms with E-state index in [4.69, 9.17) is 5.11 Å². The highest BCUT2D eigenvalue weighted by molar-refractivity contribution is 5.92. The number of aromatic nitrogens is 2. The Labute approximate surface area is 105 Å². The molecule has 18 heavy (non-hydrogen) atoms. The van der Waals surface area contributed by atoms with E-state index in [0.29, 0.717) is 0 Å². The topological polar surface area (TPSA) is 84.2 Å². The van der Waals surface area contributed by atoms with Gasteiger partial charge < -0.3 is 10.4 Å². The zero-order valence-electron chi connectivity index (χ0n) is 10.1. The summed E-state index contributed by atoms with van der Waals surface area (Å²) in [4.78, 5) is 22.4. The molecule has 6 nitrogen and oxygen atoms in total. The number of hydrogen-bond donors (Lipinski definition) is 2. The number of carbonyl (C=O) groups excluding carboxylic acids is 1. The van der Waals surface area contributed by atoms with Crippen molar-refractivity contribution in [2.24, 2.45) is 0 Å². The highest BCUT2D eigenvalue weighted by Crippen LogP contribution is 2.17. The van der Waals surface area contributed by atoms with Crippen molar-refractivity contribution >= 4 is 11.9 Å². The summed E-state index contributed by atoms with van der Waals surface area (Å²) in [7, 11) is 0. The predicted molar refractivity (Wildman–Crippen MR) is 64.2 cm³/mol. The number of nitrogens with one attached hydrogen (secondary N) is 1. The maximum absolute atomic E-state index is 11.9. The first-order valence-electron chi connectivity index (χ1n) is 6.21. The fourth-order valence-corrected chi connectivity index (χ4v) is 2.22. The molecule has 1 aliphatic rings. The van der Waals surface area contributed by atoms with E-state index in [2.05, 4.69) is 10.4 Å². The largest absolute Gasteiger partial charge is 0.480 e. The fraction of sp³-hybridized carbons (Fsp3) is 0.583. The van der Waals surface area contributed by atoms with Crippen LogP contribution in [0.4, 0.5) is 0 Å². The minimum atomic E-state index is -0.975. The molecule has 2 rings (SSSR count). The van der Waals surface area contributed by atoms with Gasteiger partial charge in [0.1, 0.15) is 12.2 Å². The second-order valence-electron chi connectivity index (χ2n) is 4.60. The van der Waals surface area contributed by atoms with E-state index >= 15 is 0 Å². The van der Waals surface area contributed by atoms with Gasteiger partial charge in [-0.2, -0.15) is 5.10 Å². The summed E-state index contributed by atoms with van der Waals surface area (Å²) < 4.78 is 1.25. The SMILES string of the molecule is O=C(O)Cn1ccc(C(=O)NC2CCCCC2)n1. The van der Waals surface area contributed by atoms with E-state index < -0.39 is 5.97 Å². The lowest BCUT2D eigenvalue weighted by Crippen LogP contribution is -2.36. The van der Waals surface area contributed by atoms with Gasteiger partial charge in [-0.05, 0) is 18.9 Å². The van der Waals surface area contributed by atoms with E-state index in [-0.39, 0.29) is 24.2 Å². The molecule has 2 N–H and O–H groups in total. The first kappa shape index (κ1) is 12.6. The summed E-state index contributed by atoms with van der Waals surface area (Å²) >= 11 is 0. The van der Waals surface area contributed by atoms with Crippen molar-refractivity contribution in [3.63, 3.8) is 0 Å². The van der Waals surface area contributed by atoms with Crippen LogP contribution < -0.4 is 5.32 Å². The maximum atomic E-state index is 11.9. The van der Waals surface area contributed by atoms with Crippen LogP contribution >= 0.6 is 0 Å². The molecule has 0 aromatic carbocycles. The van der Waals surface area contributed by atoms with Crippen molar-refractivity contribution in [1.82, 2.24) is 15.1 Å². The second kappa shape index (κ2) is 5.66. The molecule has 0 radical (unpaired) electrons. The molecular formula is C12H17N3O3. The monoisotopic (exact) mass is 251 g/mol. The Kier molecular flexibility index (Phi) is 3.96. The van der Waals surface area contributed by atoms with Crippen LogP contribution in [0.3, 0.4) is 0 Å². The Balaban J connectivity index is 1.91. The van der Waals surface area contributed by atoms with Gasteiger partial charge in [-0.15, -0.1) is 0 Å². The van der Waals surface area contributed by atoms with Crippen LogP contribution in [0.5, 0.6) is 0 Å². The van der Waals surface area contributed by atoms with Crippen LogP contribution in [0, 0.1) is 0 Å². The molecule has 1 aliphatic carbocycles. The molecule has 1 aromatic rings. The maximum Gasteiger partial charge on any atom is 0.325 e. The molecule has 1 fully saturated rings. The van der Waals surface area contributed by atoms with Crippen molar-refractivity contribution in [3.8, 4) is 0 Å². The number of carbonyl (C=O) groups is 2. The molecule has 0 atom stereocenters.